The molecule has 15 heavy (non-hydrogen) atoms. The van der Waals surface area contributed by atoms with Crippen LogP contribution < -0.4 is 5.73 Å². The van der Waals surface area contributed by atoms with Crippen LogP contribution in [0.5, 0.6) is 0 Å². The SMILES string of the molecule is CCSCCSc1nnc(N)n1C(C)C. The largest absolute Gasteiger partial charge is 0.368 e. The van der Waals surface area contributed by atoms with Gasteiger partial charge in [0.1, 0.15) is 0 Å². The average molecular weight is 246 g/mol. The zero-order valence-corrected chi connectivity index (χ0v) is 11.1. The van der Waals surface area contributed by atoms with E-state index in [4.69, 9.17) is 5.73 Å². The first-order valence-corrected chi connectivity index (χ1v) is 7.21. The van der Waals surface area contributed by atoms with Crippen LogP contribution in [0.2, 0.25) is 0 Å². The molecule has 4 nitrogen and oxygen atoms in total. The van der Waals surface area contributed by atoms with Gasteiger partial charge in [0.05, 0.1) is 0 Å². The number of thioether (sulfide) groups is 2. The zero-order valence-electron chi connectivity index (χ0n) is 9.43. The molecule has 1 heterocycles. The van der Waals surface area contributed by atoms with Crippen LogP contribution in [0.3, 0.4) is 0 Å². The van der Waals surface area contributed by atoms with Gasteiger partial charge >= 0.3 is 0 Å². The minimum atomic E-state index is 0.321. The predicted octanol–water partition coefficient (Wildman–Crippen LogP) is 2.29. The molecule has 0 aromatic carbocycles. The van der Waals surface area contributed by atoms with E-state index in [0.717, 1.165) is 16.7 Å². The lowest BCUT2D eigenvalue weighted by atomic mass is 10.4. The van der Waals surface area contributed by atoms with Crippen LogP contribution in [-0.4, -0.2) is 32.0 Å². The van der Waals surface area contributed by atoms with Gasteiger partial charge in [-0.2, -0.15) is 11.8 Å². The molecule has 0 aliphatic carbocycles. The Kier molecular flexibility index (Phi) is 5.31. The van der Waals surface area contributed by atoms with Crippen molar-refractivity contribution < 1.29 is 0 Å². The maximum absolute atomic E-state index is 5.74. The molecular formula is C9H18N4S2. The highest BCUT2D eigenvalue weighted by Gasteiger charge is 2.12. The molecule has 0 aliphatic heterocycles. The number of anilines is 1. The van der Waals surface area contributed by atoms with Crippen LogP contribution >= 0.6 is 23.5 Å². The molecular weight excluding hydrogens is 228 g/mol. The van der Waals surface area contributed by atoms with E-state index in [-0.39, 0.29) is 0 Å². The lowest BCUT2D eigenvalue weighted by Gasteiger charge is -2.10. The van der Waals surface area contributed by atoms with E-state index < -0.39 is 0 Å². The molecule has 1 aromatic heterocycles. The molecule has 0 saturated heterocycles. The zero-order chi connectivity index (χ0) is 11.3. The molecule has 1 rings (SSSR count). The molecule has 0 spiro atoms. The van der Waals surface area contributed by atoms with E-state index in [0.29, 0.717) is 12.0 Å². The number of hydrogen-bond donors (Lipinski definition) is 1. The summed E-state index contributed by atoms with van der Waals surface area (Å²) in [5.74, 6) is 3.88. The smallest absolute Gasteiger partial charge is 0.222 e. The number of nitrogens with zero attached hydrogens (tertiary/aromatic N) is 3. The molecule has 0 saturated carbocycles. The third-order valence-electron chi connectivity index (χ3n) is 1.87. The van der Waals surface area contributed by atoms with Crippen molar-refractivity contribution in [1.29, 1.82) is 0 Å². The van der Waals surface area contributed by atoms with Crippen molar-refractivity contribution in [2.75, 3.05) is 23.0 Å². The average Bonchev–Trinajstić information content (AvgIpc) is 2.54. The molecule has 6 heteroatoms. The topological polar surface area (TPSA) is 56.7 Å². The Labute approximate surface area is 99.4 Å². The number of hydrogen-bond acceptors (Lipinski definition) is 5. The van der Waals surface area contributed by atoms with E-state index in [2.05, 4.69) is 31.0 Å². The van der Waals surface area contributed by atoms with Crippen LogP contribution in [0.25, 0.3) is 0 Å². The first kappa shape index (κ1) is 12.7. The molecule has 0 atom stereocenters. The predicted molar refractivity (Wildman–Crippen MR) is 68.5 cm³/mol. The van der Waals surface area contributed by atoms with E-state index >= 15 is 0 Å². The second-order valence-electron chi connectivity index (χ2n) is 3.35. The lowest BCUT2D eigenvalue weighted by molar-refractivity contribution is 0.557. The highest BCUT2D eigenvalue weighted by Crippen LogP contribution is 2.23. The molecule has 1 aromatic rings. The van der Waals surface area contributed by atoms with Gasteiger partial charge in [-0.1, -0.05) is 18.7 Å². The second kappa shape index (κ2) is 6.27. The molecule has 0 aliphatic rings. The summed E-state index contributed by atoms with van der Waals surface area (Å²) >= 11 is 3.66. The van der Waals surface area contributed by atoms with Gasteiger partial charge in [0.2, 0.25) is 5.95 Å². The fraction of sp³-hybridized carbons (Fsp3) is 0.778. The normalized spacial score (nSPS) is 11.2. The van der Waals surface area contributed by atoms with Crippen molar-refractivity contribution in [1.82, 2.24) is 14.8 Å². The Morgan fingerprint density at radius 2 is 2.07 bits per heavy atom. The molecule has 0 fully saturated rings. The van der Waals surface area contributed by atoms with Crippen molar-refractivity contribution in [2.45, 2.75) is 32.0 Å². The second-order valence-corrected chi connectivity index (χ2v) is 5.81. The van der Waals surface area contributed by atoms with Crippen molar-refractivity contribution in [3.63, 3.8) is 0 Å². The van der Waals surface area contributed by atoms with Gasteiger partial charge in [-0.3, -0.25) is 4.57 Å². The molecule has 0 amide bonds. The number of nitrogens with two attached hydrogens (primary N) is 1. The maximum Gasteiger partial charge on any atom is 0.222 e. The summed E-state index contributed by atoms with van der Waals surface area (Å²) in [5.41, 5.74) is 5.74. The first-order valence-electron chi connectivity index (χ1n) is 5.07. The summed E-state index contributed by atoms with van der Waals surface area (Å²) in [6, 6.07) is 0.321. The quantitative estimate of drug-likeness (QED) is 0.616. The van der Waals surface area contributed by atoms with Crippen molar-refractivity contribution in [3.05, 3.63) is 0 Å². The van der Waals surface area contributed by atoms with Gasteiger partial charge < -0.3 is 5.73 Å². The first-order chi connectivity index (χ1) is 7.16. The van der Waals surface area contributed by atoms with Gasteiger partial charge in [0.15, 0.2) is 5.16 Å². The summed E-state index contributed by atoms with van der Waals surface area (Å²) in [6.45, 7) is 6.35. The van der Waals surface area contributed by atoms with Gasteiger partial charge in [-0.15, -0.1) is 10.2 Å². The highest BCUT2D eigenvalue weighted by atomic mass is 32.2. The Bertz CT molecular complexity index is 298. The Morgan fingerprint density at radius 1 is 1.33 bits per heavy atom. The van der Waals surface area contributed by atoms with E-state index in [1.807, 2.05) is 16.3 Å². The van der Waals surface area contributed by atoms with E-state index in [1.165, 1.54) is 5.75 Å². The maximum atomic E-state index is 5.74. The fourth-order valence-electron chi connectivity index (χ4n) is 1.21. The Hall–Kier alpha value is -0.360. The highest BCUT2D eigenvalue weighted by molar-refractivity contribution is 8.02. The number of nitrogen functional groups attached to an aromatic ring is 1. The standard InChI is InChI=1S/C9H18N4S2/c1-4-14-5-6-15-9-12-11-8(10)13(9)7(2)3/h7H,4-6H2,1-3H3,(H2,10,11). The summed E-state index contributed by atoms with van der Waals surface area (Å²) in [4.78, 5) is 0. The van der Waals surface area contributed by atoms with E-state index in [9.17, 15) is 0 Å². The number of rotatable bonds is 6. The van der Waals surface area contributed by atoms with Crippen molar-refractivity contribution >= 4 is 29.5 Å². The van der Waals surface area contributed by atoms with Crippen LogP contribution in [0, 0.1) is 0 Å². The fourth-order valence-corrected chi connectivity index (χ4v) is 3.03. The third-order valence-corrected chi connectivity index (χ3v) is 3.97. The van der Waals surface area contributed by atoms with Crippen LogP contribution in [0.15, 0.2) is 5.16 Å². The molecule has 0 unspecified atom stereocenters. The third kappa shape index (κ3) is 3.61. The molecule has 0 radical (unpaired) electrons. The Morgan fingerprint density at radius 3 is 2.67 bits per heavy atom. The van der Waals surface area contributed by atoms with E-state index in [1.54, 1.807) is 11.8 Å². The van der Waals surface area contributed by atoms with Gasteiger partial charge in [-0.05, 0) is 19.6 Å². The summed E-state index contributed by atoms with van der Waals surface area (Å²) in [6.07, 6.45) is 0. The number of aromatic nitrogens is 3. The lowest BCUT2D eigenvalue weighted by Crippen LogP contribution is -2.07. The van der Waals surface area contributed by atoms with Crippen molar-refractivity contribution in [3.8, 4) is 0 Å². The summed E-state index contributed by atoms with van der Waals surface area (Å²) in [5, 5.41) is 8.91. The monoisotopic (exact) mass is 246 g/mol. The minimum absolute atomic E-state index is 0.321. The Balaban J connectivity index is 2.53. The molecule has 86 valence electrons. The van der Waals surface area contributed by atoms with Crippen LogP contribution in [0.4, 0.5) is 5.95 Å². The minimum Gasteiger partial charge on any atom is -0.368 e. The molecule has 2 N–H and O–H groups in total. The van der Waals surface area contributed by atoms with Gasteiger partial charge in [0, 0.05) is 17.5 Å². The summed E-state index contributed by atoms with van der Waals surface area (Å²) < 4.78 is 1.97. The van der Waals surface area contributed by atoms with Gasteiger partial charge in [-0.25, -0.2) is 0 Å². The molecule has 0 bridgehead atoms. The van der Waals surface area contributed by atoms with Crippen LogP contribution in [0.1, 0.15) is 26.8 Å². The van der Waals surface area contributed by atoms with Crippen LogP contribution in [-0.2, 0) is 0 Å². The summed E-state index contributed by atoms with van der Waals surface area (Å²) in [7, 11) is 0. The van der Waals surface area contributed by atoms with Gasteiger partial charge in [0.25, 0.3) is 0 Å². The van der Waals surface area contributed by atoms with Crippen molar-refractivity contribution in [2.24, 2.45) is 0 Å².